The number of carbonyl (C=O) groups excluding carboxylic acids is 1. The Morgan fingerprint density at radius 2 is 1.73 bits per heavy atom. The molecular weight excluding hydrogens is 558 g/mol. The van der Waals surface area contributed by atoms with Gasteiger partial charge in [-0.05, 0) is 45.9 Å². The minimum atomic E-state index is -0.524. The van der Waals surface area contributed by atoms with Crippen molar-refractivity contribution >= 4 is 39.5 Å². The minimum absolute atomic E-state index is 0.275. The van der Waals surface area contributed by atoms with Crippen molar-refractivity contribution in [3.05, 3.63) is 54.6 Å². The van der Waals surface area contributed by atoms with Crippen molar-refractivity contribution in [2.45, 2.75) is 33.3 Å². The van der Waals surface area contributed by atoms with Gasteiger partial charge in [-0.15, -0.1) is 0 Å². The summed E-state index contributed by atoms with van der Waals surface area (Å²) < 4.78 is 13.5. The highest BCUT2D eigenvalue weighted by Gasteiger charge is 2.28. The van der Waals surface area contributed by atoms with E-state index >= 15 is 0 Å². The molecule has 2 aliphatic heterocycles. The number of ether oxygens (including phenoxy) is 2. The number of hydrogen-bond acceptors (Lipinski definition) is 9. The molecule has 0 saturated carbocycles. The van der Waals surface area contributed by atoms with Crippen molar-refractivity contribution in [3.63, 3.8) is 0 Å². The van der Waals surface area contributed by atoms with Gasteiger partial charge in [0.1, 0.15) is 29.1 Å². The van der Waals surface area contributed by atoms with Crippen LogP contribution in [0.3, 0.4) is 0 Å². The number of nitrogens with zero attached hydrogens (tertiary/aromatic N) is 8. The quantitative estimate of drug-likeness (QED) is 0.319. The van der Waals surface area contributed by atoms with Crippen molar-refractivity contribution < 1.29 is 14.3 Å². The Kier molecular flexibility index (Phi) is 7.08. The number of aromatic amines is 1. The predicted molar refractivity (Wildman–Crippen MR) is 170 cm³/mol. The van der Waals surface area contributed by atoms with Crippen LogP contribution in [-0.4, -0.2) is 98.8 Å². The number of aromatic nitrogens is 6. The molecule has 7 rings (SSSR count). The first kappa shape index (κ1) is 28.1. The molecule has 228 valence electrons. The Morgan fingerprint density at radius 1 is 0.955 bits per heavy atom. The number of rotatable bonds is 4. The Labute approximate surface area is 255 Å². The Hall–Kier alpha value is -4.71. The standard InChI is InChI=1S/C32H37N9O3/c1-21-35-29-24(30-33-20-34-37-30)17-22(38-13-15-43-16-14-38)18-27(29)41(21)26-19-28(36-25-8-6-5-7-23(25)26)39-9-11-40(12-10-39)31(42)44-32(2,3)4/h5-8,17-20H,9-16H2,1-4H3,(H,33,34,37). The third kappa shape index (κ3) is 5.30. The second kappa shape index (κ2) is 11.1. The first-order chi connectivity index (χ1) is 21.2. The molecule has 0 aliphatic carbocycles. The fraction of sp³-hybridized carbons (Fsp3) is 0.406. The van der Waals surface area contributed by atoms with Crippen molar-refractivity contribution in [1.29, 1.82) is 0 Å². The van der Waals surface area contributed by atoms with Crippen LogP contribution in [0.1, 0.15) is 26.6 Å². The second-order valence-corrected chi connectivity index (χ2v) is 12.3. The highest BCUT2D eigenvalue weighted by molar-refractivity contribution is 5.97. The molecule has 2 saturated heterocycles. The van der Waals surface area contributed by atoms with Gasteiger partial charge in [0.25, 0.3) is 0 Å². The lowest BCUT2D eigenvalue weighted by Gasteiger charge is -2.36. The molecule has 0 radical (unpaired) electrons. The number of pyridine rings is 1. The van der Waals surface area contributed by atoms with Gasteiger partial charge in [-0.1, -0.05) is 18.2 Å². The van der Waals surface area contributed by atoms with Gasteiger partial charge in [0.2, 0.25) is 0 Å². The Bertz CT molecular complexity index is 1810. The van der Waals surface area contributed by atoms with Gasteiger partial charge in [-0.3, -0.25) is 9.67 Å². The number of nitrogens with one attached hydrogen (secondary N) is 1. The highest BCUT2D eigenvalue weighted by atomic mass is 16.6. The average Bonchev–Trinajstić information content (AvgIpc) is 3.67. The molecule has 0 bridgehead atoms. The molecule has 2 aliphatic rings. The highest BCUT2D eigenvalue weighted by Crippen LogP contribution is 2.36. The third-order valence-corrected chi connectivity index (χ3v) is 8.14. The van der Waals surface area contributed by atoms with Gasteiger partial charge < -0.3 is 24.2 Å². The van der Waals surface area contributed by atoms with Crippen LogP contribution in [-0.2, 0) is 9.47 Å². The molecule has 0 spiro atoms. The van der Waals surface area contributed by atoms with Crippen LogP contribution in [0.5, 0.6) is 0 Å². The second-order valence-electron chi connectivity index (χ2n) is 12.3. The van der Waals surface area contributed by atoms with E-state index in [0.29, 0.717) is 45.2 Å². The maximum atomic E-state index is 12.7. The van der Waals surface area contributed by atoms with Gasteiger partial charge in [-0.25, -0.2) is 19.7 Å². The van der Waals surface area contributed by atoms with Gasteiger partial charge in [-0.2, -0.15) is 5.10 Å². The molecule has 2 aromatic carbocycles. The maximum Gasteiger partial charge on any atom is 0.410 e. The number of amides is 1. The van der Waals surface area contributed by atoms with Crippen LogP contribution in [0.4, 0.5) is 16.3 Å². The Balaban J connectivity index is 1.32. The van der Waals surface area contributed by atoms with Crippen LogP contribution in [0, 0.1) is 6.92 Å². The zero-order valence-electron chi connectivity index (χ0n) is 25.6. The fourth-order valence-electron chi connectivity index (χ4n) is 6.04. The minimum Gasteiger partial charge on any atom is -0.444 e. The summed E-state index contributed by atoms with van der Waals surface area (Å²) in [4.78, 5) is 33.7. The molecule has 1 N–H and O–H groups in total. The van der Waals surface area contributed by atoms with Gasteiger partial charge in [0.05, 0.1) is 29.9 Å². The molecule has 12 nitrogen and oxygen atoms in total. The Morgan fingerprint density at radius 3 is 2.45 bits per heavy atom. The van der Waals surface area contributed by atoms with Crippen molar-refractivity contribution in [3.8, 4) is 17.1 Å². The zero-order chi connectivity index (χ0) is 30.4. The number of anilines is 2. The van der Waals surface area contributed by atoms with E-state index in [-0.39, 0.29) is 6.09 Å². The largest absolute Gasteiger partial charge is 0.444 e. The molecule has 1 amide bonds. The number of carbonyl (C=O) groups is 1. The summed E-state index contributed by atoms with van der Waals surface area (Å²) in [6, 6.07) is 14.7. The molecule has 0 atom stereocenters. The number of piperazine rings is 1. The zero-order valence-corrected chi connectivity index (χ0v) is 25.6. The summed E-state index contributed by atoms with van der Waals surface area (Å²) in [5.41, 5.74) is 5.20. The lowest BCUT2D eigenvalue weighted by Crippen LogP contribution is -2.50. The number of fused-ring (bicyclic) bond motifs is 2. The van der Waals surface area contributed by atoms with E-state index in [2.05, 4.69) is 53.8 Å². The molecule has 2 fully saturated rings. The summed E-state index contributed by atoms with van der Waals surface area (Å²) in [6.07, 6.45) is 1.25. The van der Waals surface area contributed by atoms with Crippen LogP contribution in [0.25, 0.3) is 39.0 Å². The topological polar surface area (TPSA) is 118 Å². The van der Waals surface area contributed by atoms with Crippen LogP contribution < -0.4 is 9.80 Å². The van der Waals surface area contributed by atoms with E-state index in [1.807, 2.05) is 45.9 Å². The maximum absolute atomic E-state index is 12.7. The number of H-pyrrole nitrogens is 1. The summed E-state index contributed by atoms with van der Waals surface area (Å²) in [5, 5.41) is 8.20. The van der Waals surface area contributed by atoms with E-state index in [4.69, 9.17) is 19.4 Å². The van der Waals surface area contributed by atoms with Crippen LogP contribution in [0.2, 0.25) is 0 Å². The van der Waals surface area contributed by atoms with Crippen LogP contribution in [0.15, 0.2) is 48.8 Å². The summed E-state index contributed by atoms with van der Waals surface area (Å²) in [6.45, 7) is 13.2. The van der Waals surface area contributed by atoms with E-state index in [9.17, 15) is 4.79 Å². The molecule has 3 aromatic heterocycles. The number of benzene rings is 2. The summed E-state index contributed by atoms with van der Waals surface area (Å²) in [5.74, 6) is 2.40. The number of imidazole rings is 1. The van der Waals surface area contributed by atoms with Crippen LogP contribution >= 0.6 is 0 Å². The molecule has 0 unspecified atom stereocenters. The van der Waals surface area contributed by atoms with E-state index in [0.717, 1.165) is 63.6 Å². The number of para-hydroxylation sites is 1. The SMILES string of the molecule is Cc1nc2c(-c3ncn[nH]3)cc(N3CCOCC3)cc2n1-c1cc(N2CCN(C(=O)OC(C)(C)C)CC2)nc2ccccc12. The van der Waals surface area contributed by atoms with E-state index < -0.39 is 5.60 Å². The number of hydrogen-bond donors (Lipinski definition) is 1. The summed E-state index contributed by atoms with van der Waals surface area (Å²) >= 11 is 0. The third-order valence-electron chi connectivity index (χ3n) is 8.14. The predicted octanol–water partition coefficient (Wildman–Crippen LogP) is 4.56. The molecule has 5 aromatic rings. The lowest BCUT2D eigenvalue weighted by atomic mass is 10.1. The number of morpholine rings is 1. The molecule has 12 heteroatoms. The fourth-order valence-corrected chi connectivity index (χ4v) is 6.04. The van der Waals surface area contributed by atoms with E-state index in [1.165, 1.54) is 6.33 Å². The lowest BCUT2D eigenvalue weighted by molar-refractivity contribution is 0.0240. The normalized spacial score (nSPS) is 16.2. The smallest absolute Gasteiger partial charge is 0.410 e. The van der Waals surface area contributed by atoms with Gasteiger partial charge in [0.15, 0.2) is 5.82 Å². The number of aryl methyl sites for hydroxylation is 1. The average molecular weight is 596 g/mol. The van der Waals surface area contributed by atoms with Crippen molar-refractivity contribution in [2.75, 3.05) is 62.3 Å². The first-order valence-electron chi connectivity index (χ1n) is 15.1. The van der Waals surface area contributed by atoms with Gasteiger partial charge >= 0.3 is 6.09 Å². The molecule has 5 heterocycles. The van der Waals surface area contributed by atoms with Gasteiger partial charge in [0, 0.05) is 62.0 Å². The van der Waals surface area contributed by atoms with Crippen molar-refractivity contribution in [2.24, 2.45) is 0 Å². The molecule has 44 heavy (non-hydrogen) atoms. The first-order valence-corrected chi connectivity index (χ1v) is 15.1. The van der Waals surface area contributed by atoms with Crippen molar-refractivity contribution in [1.82, 2.24) is 34.6 Å². The molecular formula is C32H37N9O3. The summed E-state index contributed by atoms with van der Waals surface area (Å²) in [7, 11) is 0. The van der Waals surface area contributed by atoms with E-state index in [1.54, 1.807) is 4.90 Å². The monoisotopic (exact) mass is 595 g/mol.